The van der Waals surface area contributed by atoms with Gasteiger partial charge < -0.3 is 4.90 Å². The minimum Gasteiger partial charge on any atom is -0.309 e. The second-order valence-electron chi connectivity index (χ2n) is 3.64. The van der Waals surface area contributed by atoms with Gasteiger partial charge in [0, 0.05) is 6.54 Å². The van der Waals surface area contributed by atoms with E-state index in [9.17, 15) is 4.39 Å². The Labute approximate surface area is 79.2 Å². The average Bonchev–Trinajstić information content (AvgIpc) is 2.07. The molecule has 0 radical (unpaired) electrons. The van der Waals surface area contributed by atoms with Crippen LogP contribution in [0.25, 0.3) is 0 Å². The molecule has 0 aromatic heterocycles. The Hall–Kier alpha value is -0.890. The number of hydrogen-bond donors (Lipinski definition) is 0. The Bertz CT molecular complexity index is 281. The molecule has 0 saturated carbocycles. The van der Waals surface area contributed by atoms with Crippen LogP contribution in [0.4, 0.5) is 4.39 Å². The van der Waals surface area contributed by atoms with Crippen LogP contribution in [-0.2, 0) is 6.42 Å². The predicted molar refractivity (Wildman–Crippen MR) is 53.4 cm³/mol. The van der Waals surface area contributed by atoms with Crippen molar-refractivity contribution in [3.63, 3.8) is 0 Å². The van der Waals surface area contributed by atoms with Crippen LogP contribution in [0.3, 0.4) is 0 Å². The molecule has 0 N–H and O–H groups in total. The number of nitrogens with zero attached hydrogens (tertiary/aromatic N) is 1. The van der Waals surface area contributed by atoms with Crippen LogP contribution in [0.1, 0.15) is 11.1 Å². The second kappa shape index (κ2) is 4.38. The lowest BCUT2D eigenvalue weighted by Gasteiger charge is -2.09. The quantitative estimate of drug-likeness (QED) is 0.691. The van der Waals surface area contributed by atoms with Gasteiger partial charge in [0.2, 0.25) is 0 Å². The van der Waals surface area contributed by atoms with Crippen molar-refractivity contribution >= 4 is 0 Å². The smallest absolute Gasteiger partial charge is 0.126 e. The first-order valence-corrected chi connectivity index (χ1v) is 4.49. The fourth-order valence-corrected chi connectivity index (χ4v) is 1.14. The fourth-order valence-electron chi connectivity index (χ4n) is 1.14. The van der Waals surface area contributed by atoms with Crippen molar-refractivity contribution in [2.45, 2.75) is 13.3 Å². The van der Waals surface area contributed by atoms with E-state index < -0.39 is 0 Å². The lowest BCUT2D eigenvalue weighted by Crippen LogP contribution is -2.15. The molecule has 0 atom stereocenters. The highest BCUT2D eigenvalue weighted by atomic mass is 19.1. The van der Waals surface area contributed by atoms with Gasteiger partial charge in [-0.1, -0.05) is 12.1 Å². The fraction of sp³-hybridized carbons (Fsp3) is 0.455. The molecule has 1 aromatic carbocycles. The molecule has 0 amide bonds. The summed E-state index contributed by atoms with van der Waals surface area (Å²) in [4.78, 5) is 2.10. The zero-order valence-electron chi connectivity index (χ0n) is 8.47. The summed E-state index contributed by atoms with van der Waals surface area (Å²) in [7, 11) is 4.04. The van der Waals surface area contributed by atoms with E-state index in [1.54, 1.807) is 13.0 Å². The summed E-state index contributed by atoms with van der Waals surface area (Å²) in [5, 5.41) is 0. The Kier molecular flexibility index (Phi) is 3.43. The van der Waals surface area contributed by atoms with Gasteiger partial charge in [-0.05, 0) is 44.6 Å². The van der Waals surface area contributed by atoms with Crippen molar-refractivity contribution in [2.24, 2.45) is 0 Å². The van der Waals surface area contributed by atoms with E-state index in [1.807, 2.05) is 26.2 Å². The van der Waals surface area contributed by atoms with E-state index in [0.29, 0.717) is 5.56 Å². The molecule has 0 saturated heterocycles. The van der Waals surface area contributed by atoms with Crippen LogP contribution in [0.2, 0.25) is 0 Å². The molecular formula is C11H16FN. The van der Waals surface area contributed by atoms with E-state index in [1.165, 1.54) is 0 Å². The third kappa shape index (κ3) is 3.15. The van der Waals surface area contributed by atoms with Gasteiger partial charge in [0.05, 0.1) is 0 Å². The van der Waals surface area contributed by atoms with Crippen LogP contribution >= 0.6 is 0 Å². The highest BCUT2D eigenvalue weighted by Gasteiger charge is 1.99. The third-order valence-corrected chi connectivity index (χ3v) is 2.08. The summed E-state index contributed by atoms with van der Waals surface area (Å²) in [5.74, 6) is -0.101. The average molecular weight is 181 g/mol. The molecule has 0 heterocycles. The van der Waals surface area contributed by atoms with Crippen LogP contribution in [0.15, 0.2) is 18.2 Å². The molecule has 13 heavy (non-hydrogen) atoms. The first-order valence-electron chi connectivity index (χ1n) is 4.49. The largest absolute Gasteiger partial charge is 0.309 e. The van der Waals surface area contributed by atoms with Gasteiger partial charge in [-0.25, -0.2) is 4.39 Å². The minimum atomic E-state index is -0.101. The van der Waals surface area contributed by atoms with Crippen LogP contribution in [0.5, 0.6) is 0 Å². The molecule has 0 unspecified atom stereocenters. The molecule has 2 heteroatoms. The van der Waals surface area contributed by atoms with Gasteiger partial charge in [0.1, 0.15) is 5.82 Å². The lowest BCUT2D eigenvalue weighted by atomic mass is 10.1. The first-order chi connectivity index (χ1) is 6.09. The molecule has 0 bridgehead atoms. The standard InChI is InChI=1S/C11H16FN/c1-9-4-5-10(8-11(9)12)6-7-13(2)3/h4-5,8H,6-7H2,1-3H3. The highest BCUT2D eigenvalue weighted by molar-refractivity contribution is 5.23. The molecule has 72 valence electrons. The molecule has 0 spiro atoms. The summed E-state index contributed by atoms with van der Waals surface area (Å²) in [6.45, 7) is 2.74. The molecule has 0 aliphatic rings. The van der Waals surface area contributed by atoms with Crippen molar-refractivity contribution in [3.05, 3.63) is 35.1 Å². The van der Waals surface area contributed by atoms with Gasteiger partial charge in [0.25, 0.3) is 0 Å². The molecule has 1 rings (SSSR count). The lowest BCUT2D eigenvalue weighted by molar-refractivity contribution is 0.413. The number of halogens is 1. The molecule has 0 aliphatic heterocycles. The van der Waals surface area contributed by atoms with Gasteiger partial charge in [-0.2, -0.15) is 0 Å². The Morgan fingerprint density at radius 3 is 2.54 bits per heavy atom. The summed E-state index contributed by atoms with van der Waals surface area (Å²) in [5.41, 5.74) is 1.78. The van der Waals surface area contributed by atoms with Gasteiger partial charge in [-0.3, -0.25) is 0 Å². The highest BCUT2D eigenvalue weighted by Crippen LogP contribution is 2.09. The van der Waals surface area contributed by atoms with Crippen LogP contribution < -0.4 is 0 Å². The summed E-state index contributed by atoms with van der Waals surface area (Å²) in [6.07, 6.45) is 0.907. The SMILES string of the molecule is Cc1ccc(CCN(C)C)cc1F. The number of rotatable bonds is 3. The Morgan fingerprint density at radius 1 is 1.31 bits per heavy atom. The molecule has 1 aromatic rings. The van der Waals surface area contributed by atoms with E-state index in [2.05, 4.69) is 4.90 Å². The number of likely N-dealkylation sites (N-methyl/N-ethyl adjacent to an activating group) is 1. The molecule has 0 fully saturated rings. The summed E-state index contributed by atoms with van der Waals surface area (Å²) in [6, 6.07) is 5.45. The van der Waals surface area contributed by atoms with Crippen LogP contribution in [0, 0.1) is 12.7 Å². The Balaban J connectivity index is 2.63. The second-order valence-corrected chi connectivity index (χ2v) is 3.64. The first kappa shape index (κ1) is 10.2. The molecule has 1 nitrogen and oxygen atoms in total. The molecular weight excluding hydrogens is 165 g/mol. The number of benzene rings is 1. The Morgan fingerprint density at radius 2 is 2.00 bits per heavy atom. The zero-order valence-corrected chi connectivity index (χ0v) is 8.47. The van der Waals surface area contributed by atoms with Crippen LogP contribution in [-0.4, -0.2) is 25.5 Å². The van der Waals surface area contributed by atoms with E-state index in [0.717, 1.165) is 18.5 Å². The van der Waals surface area contributed by atoms with Gasteiger partial charge in [-0.15, -0.1) is 0 Å². The topological polar surface area (TPSA) is 3.24 Å². The van der Waals surface area contributed by atoms with Gasteiger partial charge >= 0.3 is 0 Å². The summed E-state index contributed by atoms with van der Waals surface area (Å²) < 4.78 is 13.1. The predicted octanol–water partition coefficient (Wildman–Crippen LogP) is 2.24. The summed E-state index contributed by atoms with van der Waals surface area (Å²) >= 11 is 0. The maximum absolute atomic E-state index is 13.1. The maximum Gasteiger partial charge on any atom is 0.126 e. The van der Waals surface area contributed by atoms with Crippen molar-refractivity contribution in [2.75, 3.05) is 20.6 Å². The maximum atomic E-state index is 13.1. The van der Waals surface area contributed by atoms with E-state index in [4.69, 9.17) is 0 Å². The van der Waals surface area contributed by atoms with Crippen molar-refractivity contribution in [1.29, 1.82) is 0 Å². The monoisotopic (exact) mass is 181 g/mol. The van der Waals surface area contributed by atoms with Crippen molar-refractivity contribution in [1.82, 2.24) is 4.90 Å². The van der Waals surface area contributed by atoms with E-state index >= 15 is 0 Å². The van der Waals surface area contributed by atoms with Crippen molar-refractivity contribution < 1.29 is 4.39 Å². The van der Waals surface area contributed by atoms with Crippen molar-refractivity contribution in [3.8, 4) is 0 Å². The number of aryl methyl sites for hydroxylation is 1. The minimum absolute atomic E-state index is 0.101. The zero-order chi connectivity index (χ0) is 9.84. The third-order valence-electron chi connectivity index (χ3n) is 2.08. The number of hydrogen-bond acceptors (Lipinski definition) is 1. The van der Waals surface area contributed by atoms with Gasteiger partial charge in [0.15, 0.2) is 0 Å². The normalized spacial score (nSPS) is 10.8. The molecule has 0 aliphatic carbocycles. The van der Waals surface area contributed by atoms with E-state index in [-0.39, 0.29) is 5.82 Å².